The number of nitro groups is 1. The molecule has 2 amide bonds. The van der Waals surface area contributed by atoms with Crippen molar-refractivity contribution in [1.29, 1.82) is 0 Å². The van der Waals surface area contributed by atoms with E-state index < -0.39 is 16.7 Å². The highest BCUT2D eigenvalue weighted by atomic mass is 35.5. The van der Waals surface area contributed by atoms with E-state index in [1.807, 2.05) is 0 Å². The Hall–Kier alpha value is -3.85. The van der Waals surface area contributed by atoms with Crippen LogP contribution in [-0.4, -0.2) is 23.8 Å². The number of benzene rings is 2. The molecule has 0 aliphatic heterocycles. The van der Waals surface area contributed by atoms with Gasteiger partial charge in [-0.15, -0.1) is 0 Å². The zero-order chi connectivity index (χ0) is 21.0. The lowest BCUT2D eigenvalue weighted by atomic mass is 10.1. The van der Waals surface area contributed by atoms with Crippen LogP contribution in [0.5, 0.6) is 5.75 Å². The number of ether oxygens (including phenoxy) is 1. The molecule has 0 saturated heterocycles. The van der Waals surface area contributed by atoms with Gasteiger partial charge >= 0.3 is 5.69 Å². The number of amides is 2. The molecule has 3 aromatic rings. The summed E-state index contributed by atoms with van der Waals surface area (Å²) in [4.78, 5) is 34.9. The topological polar surface area (TPSA) is 124 Å². The molecular formula is C19H14ClN3O6. The summed E-state index contributed by atoms with van der Waals surface area (Å²) in [5.74, 6) is -0.871. The van der Waals surface area contributed by atoms with Crippen molar-refractivity contribution < 1.29 is 23.7 Å². The van der Waals surface area contributed by atoms with Crippen molar-refractivity contribution in [2.45, 2.75) is 0 Å². The van der Waals surface area contributed by atoms with E-state index >= 15 is 0 Å². The predicted molar refractivity (Wildman–Crippen MR) is 106 cm³/mol. The first-order valence-electron chi connectivity index (χ1n) is 8.17. The van der Waals surface area contributed by atoms with Gasteiger partial charge < -0.3 is 19.8 Å². The minimum Gasteiger partial charge on any atom is -0.490 e. The first-order valence-corrected chi connectivity index (χ1v) is 8.55. The molecule has 0 fully saturated rings. The van der Waals surface area contributed by atoms with E-state index in [1.165, 1.54) is 49.8 Å². The largest absolute Gasteiger partial charge is 0.490 e. The molecule has 1 heterocycles. The van der Waals surface area contributed by atoms with Crippen molar-refractivity contribution >= 4 is 40.5 Å². The van der Waals surface area contributed by atoms with Crippen molar-refractivity contribution in [3.63, 3.8) is 0 Å². The van der Waals surface area contributed by atoms with Crippen LogP contribution in [0.1, 0.15) is 20.9 Å². The third-order valence-corrected chi connectivity index (χ3v) is 4.17. The summed E-state index contributed by atoms with van der Waals surface area (Å²) in [6.45, 7) is 0. The van der Waals surface area contributed by atoms with Crippen LogP contribution in [0, 0.1) is 10.1 Å². The monoisotopic (exact) mass is 415 g/mol. The second-order valence-corrected chi connectivity index (χ2v) is 6.13. The maximum atomic E-state index is 12.4. The van der Waals surface area contributed by atoms with Gasteiger partial charge in [0.1, 0.15) is 0 Å². The maximum Gasteiger partial charge on any atom is 0.311 e. The quantitative estimate of drug-likeness (QED) is 0.455. The van der Waals surface area contributed by atoms with Crippen LogP contribution < -0.4 is 15.4 Å². The molecule has 0 atom stereocenters. The second-order valence-electron chi connectivity index (χ2n) is 5.72. The van der Waals surface area contributed by atoms with Gasteiger partial charge in [-0.05, 0) is 42.5 Å². The minimum atomic E-state index is -0.636. The zero-order valence-corrected chi connectivity index (χ0v) is 15.7. The summed E-state index contributed by atoms with van der Waals surface area (Å²) in [7, 11) is 1.30. The molecule has 0 aliphatic carbocycles. The van der Waals surface area contributed by atoms with E-state index in [1.54, 1.807) is 6.07 Å². The number of rotatable bonds is 6. The molecule has 0 spiro atoms. The van der Waals surface area contributed by atoms with Crippen molar-refractivity contribution in [3.05, 3.63) is 81.3 Å². The van der Waals surface area contributed by atoms with Crippen LogP contribution in [0.3, 0.4) is 0 Å². The third kappa shape index (κ3) is 4.53. The molecule has 1 aromatic heterocycles. The van der Waals surface area contributed by atoms with E-state index in [9.17, 15) is 19.7 Å². The van der Waals surface area contributed by atoms with Gasteiger partial charge in [0, 0.05) is 17.3 Å². The van der Waals surface area contributed by atoms with Crippen LogP contribution in [0.25, 0.3) is 0 Å². The first kappa shape index (κ1) is 19.9. The molecule has 10 heteroatoms. The molecule has 0 bridgehead atoms. The van der Waals surface area contributed by atoms with Gasteiger partial charge in [-0.2, -0.15) is 0 Å². The van der Waals surface area contributed by atoms with Gasteiger partial charge in [0.15, 0.2) is 11.5 Å². The molecule has 2 aromatic carbocycles. The third-order valence-electron chi connectivity index (χ3n) is 3.86. The number of nitro benzene ring substituents is 1. The van der Waals surface area contributed by atoms with Gasteiger partial charge in [0.25, 0.3) is 11.8 Å². The molecule has 0 aliphatic rings. The number of carbonyl (C=O) groups is 2. The minimum absolute atomic E-state index is 0.0474. The average Bonchev–Trinajstić information content (AvgIpc) is 3.24. The van der Waals surface area contributed by atoms with Crippen LogP contribution in [0.2, 0.25) is 5.02 Å². The number of halogens is 1. The summed E-state index contributed by atoms with van der Waals surface area (Å²) in [5, 5.41) is 16.5. The fourth-order valence-corrected chi connectivity index (χ4v) is 2.69. The van der Waals surface area contributed by atoms with E-state index in [2.05, 4.69) is 10.6 Å². The van der Waals surface area contributed by atoms with Crippen LogP contribution in [-0.2, 0) is 0 Å². The summed E-state index contributed by atoms with van der Waals surface area (Å²) in [6.07, 6.45) is 1.37. The Kier molecular flexibility index (Phi) is 5.79. The molecule has 29 heavy (non-hydrogen) atoms. The predicted octanol–water partition coefficient (Wildman–Crippen LogP) is 4.35. The molecule has 0 radical (unpaired) electrons. The van der Waals surface area contributed by atoms with Crippen molar-refractivity contribution in [1.82, 2.24) is 0 Å². The summed E-state index contributed by atoms with van der Waals surface area (Å²) in [6, 6.07) is 11.4. The molecule has 3 rings (SSSR count). The van der Waals surface area contributed by atoms with Crippen molar-refractivity contribution in [2.75, 3.05) is 17.7 Å². The lowest BCUT2D eigenvalue weighted by Gasteiger charge is -2.10. The number of hydrogen-bond donors (Lipinski definition) is 2. The molecule has 2 N–H and O–H groups in total. The van der Waals surface area contributed by atoms with Gasteiger partial charge in [-0.25, -0.2) is 0 Å². The lowest BCUT2D eigenvalue weighted by Crippen LogP contribution is -2.13. The highest BCUT2D eigenvalue weighted by molar-refractivity contribution is 6.34. The molecular weight excluding hydrogens is 402 g/mol. The highest BCUT2D eigenvalue weighted by Crippen LogP contribution is 2.29. The smallest absolute Gasteiger partial charge is 0.311 e. The Balaban J connectivity index is 1.74. The fourth-order valence-electron chi connectivity index (χ4n) is 2.46. The van der Waals surface area contributed by atoms with E-state index in [-0.39, 0.29) is 27.8 Å². The lowest BCUT2D eigenvalue weighted by molar-refractivity contribution is -0.385. The Bertz CT molecular complexity index is 1080. The summed E-state index contributed by atoms with van der Waals surface area (Å²) in [5.41, 5.74) is 0.415. The Morgan fingerprint density at radius 1 is 1.10 bits per heavy atom. The Morgan fingerprint density at radius 3 is 2.52 bits per heavy atom. The van der Waals surface area contributed by atoms with Crippen LogP contribution in [0.15, 0.2) is 59.2 Å². The van der Waals surface area contributed by atoms with E-state index in [4.69, 9.17) is 20.8 Å². The number of nitrogens with one attached hydrogen (secondary N) is 2. The maximum absolute atomic E-state index is 12.4. The standard InChI is InChI=1S/C19H14ClN3O6/c1-28-16-7-4-11(9-15(16)23(26)27)18(24)21-12-5-6-14(13(20)10-12)22-19(25)17-3-2-8-29-17/h2-10H,1H3,(H,21,24)(H,22,25). The SMILES string of the molecule is COc1ccc(C(=O)Nc2ccc(NC(=O)c3ccco3)c(Cl)c2)cc1[N+](=O)[O-]. The number of carbonyl (C=O) groups excluding carboxylic acids is 2. The number of nitrogens with zero attached hydrogens (tertiary/aromatic N) is 1. The second kappa shape index (κ2) is 8.44. The normalized spacial score (nSPS) is 10.3. The molecule has 0 saturated carbocycles. The van der Waals surface area contributed by atoms with Crippen LogP contribution in [0.4, 0.5) is 17.1 Å². The summed E-state index contributed by atoms with van der Waals surface area (Å²) < 4.78 is 9.92. The van der Waals surface area contributed by atoms with Gasteiger partial charge in [-0.1, -0.05) is 11.6 Å². The number of anilines is 2. The van der Waals surface area contributed by atoms with E-state index in [0.717, 1.165) is 6.07 Å². The number of hydrogen-bond acceptors (Lipinski definition) is 6. The van der Waals surface area contributed by atoms with Gasteiger partial charge in [-0.3, -0.25) is 19.7 Å². The molecule has 9 nitrogen and oxygen atoms in total. The Morgan fingerprint density at radius 2 is 1.90 bits per heavy atom. The zero-order valence-electron chi connectivity index (χ0n) is 15.0. The van der Waals surface area contributed by atoms with Crippen molar-refractivity contribution in [2.24, 2.45) is 0 Å². The molecule has 0 unspecified atom stereocenters. The Labute approximate surface area is 169 Å². The van der Waals surface area contributed by atoms with Crippen molar-refractivity contribution in [3.8, 4) is 5.75 Å². The highest BCUT2D eigenvalue weighted by Gasteiger charge is 2.18. The number of methoxy groups -OCH3 is 1. The average molecular weight is 416 g/mol. The summed E-state index contributed by atoms with van der Waals surface area (Å²) >= 11 is 6.17. The fraction of sp³-hybridized carbons (Fsp3) is 0.0526. The molecule has 148 valence electrons. The van der Waals surface area contributed by atoms with E-state index in [0.29, 0.717) is 11.4 Å². The van der Waals surface area contributed by atoms with Gasteiger partial charge in [0.05, 0.1) is 29.0 Å². The van der Waals surface area contributed by atoms with Crippen LogP contribution >= 0.6 is 11.6 Å². The first-order chi connectivity index (χ1) is 13.9. The number of furan rings is 1. The van der Waals surface area contributed by atoms with Gasteiger partial charge in [0.2, 0.25) is 0 Å².